The molecule has 0 rings (SSSR count). The van der Waals surface area contributed by atoms with Crippen molar-refractivity contribution in [2.75, 3.05) is 6.67 Å². The Labute approximate surface area is 89.3 Å². The molecule has 0 aromatic carbocycles. The van der Waals surface area contributed by atoms with Crippen LogP contribution in [0.4, 0.5) is 4.39 Å². The first-order valence-electron chi connectivity index (χ1n) is 6.26. The largest absolute Gasteiger partial charge is 0.251 e. The summed E-state index contributed by atoms with van der Waals surface area (Å²) in [5, 5.41) is 0. The minimum Gasteiger partial charge on any atom is -0.251 e. The van der Waals surface area contributed by atoms with Crippen LogP contribution in [-0.2, 0) is 0 Å². The molecule has 0 aromatic heterocycles. The molecule has 0 heterocycles. The van der Waals surface area contributed by atoms with Gasteiger partial charge >= 0.3 is 0 Å². The lowest BCUT2D eigenvalue weighted by Gasteiger charge is -2.14. The lowest BCUT2D eigenvalue weighted by molar-refractivity contribution is 0.370. The molecule has 0 nitrogen and oxygen atoms in total. The lowest BCUT2D eigenvalue weighted by atomic mass is 9.92. The maximum atomic E-state index is 11.9. The zero-order chi connectivity index (χ0) is 10.8. The second kappa shape index (κ2) is 9.48. The minimum absolute atomic E-state index is 0.136. The van der Waals surface area contributed by atoms with Crippen molar-refractivity contribution >= 4 is 0 Å². The van der Waals surface area contributed by atoms with Crippen LogP contribution in [0.5, 0.6) is 0 Å². The van der Waals surface area contributed by atoms with Gasteiger partial charge in [-0.3, -0.25) is 4.39 Å². The number of rotatable bonds is 9. The normalized spacial score (nSPS) is 13.5. The third kappa shape index (κ3) is 8.52. The third-order valence-corrected chi connectivity index (χ3v) is 2.97. The van der Waals surface area contributed by atoms with Gasteiger partial charge in [0.15, 0.2) is 0 Å². The van der Waals surface area contributed by atoms with Crippen molar-refractivity contribution in [2.45, 2.75) is 65.7 Å². The van der Waals surface area contributed by atoms with Crippen LogP contribution in [0.25, 0.3) is 0 Å². The molecule has 0 aliphatic carbocycles. The Morgan fingerprint density at radius 2 is 1.57 bits per heavy atom. The molecule has 0 aromatic rings. The van der Waals surface area contributed by atoms with Crippen molar-refractivity contribution in [1.29, 1.82) is 0 Å². The smallest absolute Gasteiger partial charge is 0.0894 e. The van der Waals surface area contributed by atoms with Crippen LogP contribution in [0.15, 0.2) is 0 Å². The van der Waals surface area contributed by atoms with Crippen LogP contribution in [0, 0.1) is 11.8 Å². The standard InChI is InChI=1S/C13H27F/c1-4-13(9-5-6-11-14)10-7-8-12(2)3/h12-13H,4-11H2,1-3H3. The zero-order valence-corrected chi connectivity index (χ0v) is 10.2. The molecule has 0 fully saturated rings. The summed E-state index contributed by atoms with van der Waals surface area (Å²) in [6.07, 6.45) is 8.40. The van der Waals surface area contributed by atoms with Gasteiger partial charge in [-0.1, -0.05) is 59.3 Å². The van der Waals surface area contributed by atoms with E-state index in [1.54, 1.807) is 0 Å². The van der Waals surface area contributed by atoms with Gasteiger partial charge in [-0.15, -0.1) is 0 Å². The summed E-state index contributed by atoms with van der Waals surface area (Å²) < 4.78 is 11.9. The molecular formula is C13H27F. The van der Waals surface area contributed by atoms with Gasteiger partial charge in [0.05, 0.1) is 6.67 Å². The van der Waals surface area contributed by atoms with Gasteiger partial charge in [0, 0.05) is 0 Å². The number of halogens is 1. The van der Waals surface area contributed by atoms with E-state index < -0.39 is 0 Å². The van der Waals surface area contributed by atoms with Crippen molar-refractivity contribution in [3.8, 4) is 0 Å². The molecule has 1 heteroatoms. The third-order valence-electron chi connectivity index (χ3n) is 2.97. The van der Waals surface area contributed by atoms with E-state index in [-0.39, 0.29) is 6.67 Å². The molecule has 0 aliphatic rings. The molecule has 86 valence electrons. The highest BCUT2D eigenvalue weighted by molar-refractivity contribution is 4.59. The van der Waals surface area contributed by atoms with Crippen LogP contribution in [0.1, 0.15) is 65.7 Å². The van der Waals surface area contributed by atoms with E-state index in [4.69, 9.17) is 0 Å². The number of hydrogen-bond acceptors (Lipinski definition) is 0. The summed E-state index contributed by atoms with van der Waals surface area (Å²) in [6, 6.07) is 0. The Morgan fingerprint density at radius 3 is 2.07 bits per heavy atom. The van der Waals surface area contributed by atoms with Crippen molar-refractivity contribution in [2.24, 2.45) is 11.8 Å². The Bertz CT molecular complexity index is 110. The fourth-order valence-corrected chi connectivity index (χ4v) is 1.89. The van der Waals surface area contributed by atoms with E-state index in [9.17, 15) is 4.39 Å². The molecule has 0 spiro atoms. The van der Waals surface area contributed by atoms with E-state index >= 15 is 0 Å². The van der Waals surface area contributed by atoms with Crippen molar-refractivity contribution in [3.05, 3.63) is 0 Å². The SMILES string of the molecule is CCC(CCCCF)CCCC(C)C. The summed E-state index contributed by atoms with van der Waals surface area (Å²) in [6.45, 7) is 6.69. The molecule has 0 aliphatic heterocycles. The monoisotopic (exact) mass is 202 g/mol. The van der Waals surface area contributed by atoms with Crippen molar-refractivity contribution in [3.63, 3.8) is 0 Å². The van der Waals surface area contributed by atoms with Gasteiger partial charge in [-0.25, -0.2) is 0 Å². The van der Waals surface area contributed by atoms with Crippen LogP contribution in [-0.4, -0.2) is 6.67 Å². The Balaban J connectivity index is 3.38. The van der Waals surface area contributed by atoms with Crippen LogP contribution in [0.2, 0.25) is 0 Å². The van der Waals surface area contributed by atoms with E-state index in [1.165, 1.54) is 32.1 Å². The minimum atomic E-state index is -0.136. The number of hydrogen-bond donors (Lipinski definition) is 0. The van der Waals surface area contributed by atoms with Crippen LogP contribution < -0.4 is 0 Å². The maximum Gasteiger partial charge on any atom is 0.0894 e. The molecule has 0 saturated heterocycles. The quantitative estimate of drug-likeness (QED) is 0.463. The highest BCUT2D eigenvalue weighted by Crippen LogP contribution is 2.20. The molecule has 1 atom stereocenters. The lowest BCUT2D eigenvalue weighted by Crippen LogP contribution is -2.00. The molecule has 0 radical (unpaired) electrons. The van der Waals surface area contributed by atoms with E-state index in [0.717, 1.165) is 24.7 Å². The average molecular weight is 202 g/mol. The molecular weight excluding hydrogens is 175 g/mol. The first-order chi connectivity index (χ1) is 6.70. The second-order valence-corrected chi connectivity index (χ2v) is 4.78. The van der Waals surface area contributed by atoms with E-state index in [0.29, 0.717) is 0 Å². The average Bonchev–Trinajstić information content (AvgIpc) is 2.15. The van der Waals surface area contributed by atoms with E-state index in [1.807, 2.05) is 0 Å². The Morgan fingerprint density at radius 1 is 0.929 bits per heavy atom. The Kier molecular flexibility index (Phi) is 9.44. The topological polar surface area (TPSA) is 0 Å². The maximum absolute atomic E-state index is 11.9. The van der Waals surface area contributed by atoms with Crippen molar-refractivity contribution < 1.29 is 4.39 Å². The molecule has 14 heavy (non-hydrogen) atoms. The number of alkyl halides is 1. The highest BCUT2D eigenvalue weighted by Gasteiger charge is 2.06. The molecule has 0 N–H and O–H groups in total. The van der Waals surface area contributed by atoms with Gasteiger partial charge in [-0.2, -0.15) is 0 Å². The van der Waals surface area contributed by atoms with Gasteiger partial charge in [0.1, 0.15) is 0 Å². The second-order valence-electron chi connectivity index (χ2n) is 4.78. The molecule has 0 saturated carbocycles. The summed E-state index contributed by atoms with van der Waals surface area (Å²) in [5.74, 6) is 1.68. The predicted molar refractivity (Wildman–Crippen MR) is 62.3 cm³/mol. The fraction of sp³-hybridized carbons (Fsp3) is 1.00. The Hall–Kier alpha value is -0.0700. The summed E-state index contributed by atoms with van der Waals surface area (Å²) in [4.78, 5) is 0. The van der Waals surface area contributed by atoms with E-state index in [2.05, 4.69) is 20.8 Å². The van der Waals surface area contributed by atoms with Gasteiger partial charge in [0.2, 0.25) is 0 Å². The summed E-state index contributed by atoms with van der Waals surface area (Å²) in [5.41, 5.74) is 0. The van der Waals surface area contributed by atoms with Gasteiger partial charge in [-0.05, 0) is 18.3 Å². The number of unbranched alkanes of at least 4 members (excludes halogenated alkanes) is 1. The van der Waals surface area contributed by atoms with Gasteiger partial charge in [0.25, 0.3) is 0 Å². The van der Waals surface area contributed by atoms with Gasteiger partial charge < -0.3 is 0 Å². The fourth-order valence-electron chi connectivity index (χ4n) is 1.89. The molecule has 0 bridgehead atoms. The molecule has 1 unspecified atom stereocenters. The van der Waals surface area contributed by atoms with Crippen LogP contribution >= 0.6 is 0 Å². The first-order valence-corrected chi connectivity index (χ1v) is 6.26. The van der Waals surface area contributed by atoms with Crippen molar-refractivity contribution in [1.82, 2.24) is 0 Å². The summed E-state index contributed by atoms with van der Waals surface area (Å²) in [7, 11) is 0. The molecule has 0 amide bonds. The zero-order valence-electron chi connectivity index (χ0n) is 10.2. The predicted octanol–water partition coefficient (Wildman–Crippen LogP) is 4.98. The van der Waals surface area contributed by atoms with Crippen LogP contribution in [0.3, 0.4) is 0 Å². The summed E-state index contributed by atoms with van der Waals surface area (Å²) >= 11 is 0. The first kappa shape index (κ1) is 13.9. The highest BCUT2D eigenvalue weighted by atomic mass is 19.1.